The van der Waals surface area contributed by atoms with Crippen LogP contribution in [0.1, 0.15) is 33.6 Å². The van der Waals surface area contributed by atoms with Gasteiger partial charge in [-0.3, -0.25) is 4.79 Å². The van der Waals surface area contributed by atoms with Crippen LogP contribution in [0.3, 0.4) is 0 Å². The average molecular weight is 279 g/mol. The summed E-state index contributed by atoms with van der Waals surface area (Å²) in [5.74, 6) is -0.283. The standard InChI is InChI=1S/C16H25NO3/c1-4-6-11-17(12-13(3)16(18)19)14-7-9-15(10-8-14)20-5-2/h7-10,13H,4-6,11-12H2,1-3H3,(H,18,19). The quantitative estimate of drug-likeness (QED) is 0.752. The van der Waals surface area contributed by atoms with Gasteiger partial charge in [-0.25, -0.2) is 0 Å². The van der Waals surface area contributed by atoms with Gasteiger partial charge in [-0.15, -0.1) is 0 Å². The molecule has 0 aliphatic carbocycles. The van der Waals surface area contributed by atoms with Crippen molar-refractivity contribution in [2.45, 2.75) is 33.6 Å². The summed E-state index contributed by atoms with van der Waals surface area (Å²) in [5, 5.41) is 9.07. The van der Waals surface area contributed by atoms with Gasteiger partial charge in [0, 0.05) is 18.8 Å². The van der Waals surface area contributed by atoms with Crippen LogP contribution in [0.4, 0.5) is 5.69 Å². The minimum atomic E-state index is -0.752. The number of nitrogens with zero attached hydrogens (tertiary/aromatic N) is 1. The fraction of sp³-hybridized carbons (Fsp3) is 0.562. The molecule has 4 nitrogen and oxygen atoms in total. The first-order valence-electron chi connectivity index (χ1n) is 7.29. The van der Waals surface area contributed by atoms with Gasteiger partial charge < -0.3 is 14.7 Å². The molecule has 0 fully saturated rings. The molecule has 0 saturated heterocycles. The zero-order valence-electron chi connectivity index (χ0n) is 12.6. The van der Waals surface area contributed by atoms with E-state index in [2.05, 4.69) is 11.8 Å². The van der Waals surface area contributed by atoms with Crippen molar-refractivity contribution >= 4 is 11.7 Å². The highest BCUT2D eigenvalue weighted by atomic mass is 16.5. The number of benzene rings is 1. The highest BCUT2D eigenvalue weighted by Gasteiger charge is 2.16. The molecule has 4 heteroatoms. The first-order valence-corrected chi connectivity index (χ1v) is 7.29. The van der Waals surface area contributed by atoms with Gasteiger partial charge in [0.1, 0.15) is 5.75 Å². The Morgan fingerprint density at radius 2 is 1.95 bits per heavy atom. The van der Waals surface area contributed by atoms with Crippen molar-refractivity contribution in [1.82, 2.24) is 0 Å². The third-order valence-corrected chi connectivity index (χ3v) is 3.21. The second-order valence-corrected chi connectivity index (χ2v) is 4.97. The van der Waals surface area contributed by atoms with E-state index in [0.717, 1.165) is 30.8 Å². The molecule has 1 unspecified atom stereocenters. The molecule has 1 N–H and O–H groups in total. The Labute approximate surface area is 121 Å². The van der Waals surface area contributed by atoms with Crippen LogP contribution in [-0.2, 0) is 4.79 Å². The lowest BCUT2D eigenvalue weighted by Gasteiger charge is -2.26. The van der Waals surface area contributed by atoms with Crippen molar-refractivity contribution in [3.05, 3.63) is 24.3 Å². The summed E-state index contributed by atoms with van der Waals surface area (Å²) in [7, 11) is 0. The maximum absolute atomic E-state index is 11.0. The average Bonchev–Trinajstić information content (AvgIpc) is 2.44. The van der Waals surface area contributed by atoms with E-state index in [1.54, 1.807) is 6.92 Å². The topological polar surface area (TPSA) is 49.8 Å². The lowest BCUT2D eigenvalue weighted by Crippen LogP contribution is -2.32. The van der Waals surface area contributed by atoms with Gasteiger partial charge in [-0.1, -0.05) is 20.3 Å². The first-order chi connectivity index (χ1) is 9.58. The van der Waals surface area contributed by atoms with E-state index in [1.807, 2.05) is 31.2 Å². The molecule has 0 aromatic heterocycles. The van der Waals surface area contributed by atoms with Gasteiger partial charge in [0.2, 0.25) is 0 Å². The van der Waals surface area contributed by atoms with E-state index in [0.29, 0.717) is 13.2 Å². The van der Waals surface area contributed by atoms with Crippen LogP contribution in [0.5, 0.6) is 5.75 Å². The highest BCUT2D eigenvalue weighted by Crippen LogP contribution is 2.21. The summed E-state index contributed by atoms with van der Waals surface area (Å²) in [6.45, 7) is 7.89. The Hall–Kier alpha value is -1.71. The molecular formula is C16H25NO3. The van der Waals surface area contributed by atoms with E-state index in [1.165, 1.54) is 0 Å². The summed E-state index contributed by atoms with van der Waals surface area (Å²) >= 11 is 0. The molecule has 1 aromatic carbocycles. The summed E-state index contributed by atoms with van der Waals surface area (Å²) in [6, 6.07) is 7.86. The molecule has 0 spiro atoms. The van der Waals surface area contributed by atoms with Crippen molar-refractivity contribution in [2.75, 3.05) is 24.6 Å². The Bertz CT molecular complexity index is 403. The summed E-state index contributed by atoms with van der Waals surface area (Å²) in [6.07, 6.45) is 2.15. The molecule has 0 aliphatic rings. The molecule has 0 amide bonds. The number of anilines is 1. The van der Waals surface area contributed by atoms with Crippen molar-refractivity contribution in [2.24, 2.45) is 5.92 Å². The molecule has 1 atom stereocenters. The van der Waals surface area contributed by atoms with E-state index in [9.17, 15) is 4.79 Å². The maximum atomic E-state index is 11.0. The van der Waals surface area contributed by atoms with Crippen molar-refractivity contribution in [1.29, 1.82) is 0 Å². The number of rotatable bonds is 9. The number of unbranched alkanes of at least 4 members (excludes halogenated alkanes) is 1. The SMILES string of the molecule is CCCCN(CC(C)C(=O)O)c1ccc(OCC)cc1. The fourth-order valence-electron chi connectivity index (χ4n) is 2.00. The number of hydrogen-bond acceptors (Lipinski definition) is 3. The third kappa shape index (κ3) is 5.11. The predicted octanol–water partition coefficient (Wildman–Crippen LogP) is 3.41. The lowest BCUT2D eigenvalue weighted by molar-refractivity contribution is -0.140. The number of carboxylic acids is 1. The number of ether oxygens (including phenoxy) is 1. The smallest absolute Gasteiger partial charge is 0.308 e. The molecule has 0 saturated carbocycles. The Morgan fingerprint density at radius 1 is 1.30 bits per heavy atom. The summed E-state index contributed by atoms with van der Waals surface area (Å²) < 4.78 is 5.43. The number of hydrogen-bond donors (Lipinski definition) is 1. The highest BCUT2D eigenvalue weighted by molar-refractivity contribution is 5.70. The van der Waals surface area contributed by atoms with Crippen LogP contribution < -0.4 is 9.64 Å². The predicted molar refractivity (Wildman–Crippen MR) is 81.5 cm³/mol. The summed E-state index contributed by atoms with van der Waals surface area (Å²) in [4.78, 5) is 13.2. The summed E-state index contributed by atoms with van der Waals surface area (Å²) in [5.41, 5.74) is 1.05. The Balaban J connectivity index is 2.77. The third-order valence-electron chi connectivity index (χ3n) is 3.21. The van der Waals surface area contributed by atoms with E-state index in [4.69, 9.17) is 9.84 Å². The second-order valence-electron chi connectivity index (χ2n) is 4.97. The van der Waals surface area contributed by atoms with Gasteiger partial charge in [-0.05, 0) is 37.6 Å². The largest absolute Gasteiger partial charge is 0.494 e. The monoisotopic (exact) mass is 279 g/mol. The zero-order valence-corrected chi connectivity index (χ0v) is 12.6. The van der Waals surface area contributed by atoms with Crippen molar-refractivity contribution < 1.29 is 14.6 Å². The van der Waals surface area contributed by atoms with Gasteiger partial charge >= 0.3 is 5.97 Å². The van der Waals surface area contributed by atoms with Crippen molar-refractivity contribution in [3.63, 3.8) is 0 Å². The minimum Gasteiger partial charge on any atom is -0.494 e. The Morgan fingerprint density at radius 3 is 2.45 bits per heavy atom. The first kappa shape index (κ1) is 16.3. The molecule has 0 heterocycles. The van der Waals surface area contributed by atoms with E-state index in [-0.39, 0.29) is 5.92 Å². The zero-order chi connectivity index (χ0) is 15.0. The molecule has 1 rings (SSSR count). The van der Waals surface area contributed by atoms with Gasteiger partial charge in [0.25, 0.3) is 0 Å². The molecule has 0 aliphatic heterocycles. The van der Waals surface area contributed by atoms with Crippen LogP contribution in [0.25, 0.3) is 0 Å². The van der Waals surface area contributed by atoms with E-state index >= 15 is 0 Å². The van der Waals surface area contributed by atoms with Gasteiger partial charge in [0.15, 0.2) is 0 Å². The maximum Gasteiger partial charge on any atom is 0.308 e. The normalized spacial score (nSPS) is 11.9. The van der Waals surface area contributed by atoms with Crippen molar-refractivity contribution in [3.8, 4) is 5.75 Å². The van der Waals surface area contributed by atoms with Crippen LogP contribution in [0.2, 0.25) is 0 Å². The van der Waals surface area contributed by atoms with Crippen LogP contribution in [-0.4, -0.2) is 30.8 Å². The van der Waals surface area contributed by atoms with Crippen LogP contribution in [0.15, 0.2) is 24.3 Å². The number of aliphatic carboxylic acids is 1. The second kappa shape index (κ2) is 8.46. The number of carboxylic acid groups (broad SMARTS) is 1. The molecule has 20 heavy (non-hydrogen) atoms. The molecule has 0 radical (unpaired) electrons. The molecule has 1 aromatic rings. The van der Waals surface area contributed by atoms with E-state index < -0.39 is 5.97 Å². The fourth-order valence-corrected chi connectivity index (χ4v) is 2.00. The molecule has 112 valence electrons. The lowest BCUT2D eigenvalue weighted by atomic mass is 10.1. The van der Waals surface area contributed by atoms with Crippen LogP contribution in [0, 0.1) is 5.92 Å². The van der Waals surface area contributed by atoms with Gasteiger partial charge in [0.05, 0.1) is 12.5 Å². The van der Waals surface area contributed by atoms with Gasteiger partial charge in [-0.2, -0.15) is 0 Å². The molecule has 0 bridgehead atoms. The Kier molecular flexibility index (Phi) is 6.91. The van der Waals surface area contributed by atoms with Crippen LogP contribution >= 0.6 is 0 Å². The number of carbonyl (C=O) groups is 1. The molecular weight excluding hydrogens is 254 g/mol. The minimum absolute atomic E-state index is 0.376.